The molecule has 0 unspecified atom stereocenters. The first-order valence-corrected chi connectivity index (χ1v) is 7.48. The lowest BCUT2D eigenvalue weighted by Gasteiger charge is -2.32. The molecule has 0 spiro atoms. The summed E-state index contributed by atoms with van der Waals surface area (Å²) in [4.78, 5) is 14.2. The molecule has 1 saturated heterocycles. The molecule has 0 bridgehead atoms. The predicted octanol–water partition coefficient (Wildman–Crippen LogP) is 1.12. The maximum absolute atomic E-state index is 12.2. The molecule has 2 N–H and O–H groups in total. The Hall–Kier alpha value is -0.890. The van der Waals surface area contributed by atoms with Crippen LogP contribution in [-0.4, -0.2) is 65.1 Å². The Morgan fingerprint density at radius 3 is 2.57 bits per heavy atom. The van der Waals surface area contributed by atoms with E-state index < -0.39 is 0 Å². The average Bonchev–Trinajstić information content (AvgIpc) is 2.95. The summed E-state index contributed by atoms with van der Waals surface area (Å²) in [5.74, 6) is -0.162. The van der Waals surface area contributed by atoms with Crippen molar-refractivity contribution in [2.75, 3.05) is 33.7 Å². The molecule has 0 aliphatic carbocycles. The molecule has 1 aromatic heterocycles. The van der Waals surface area contributed by atoms with Crippen LogP contribution in [0.3, 0.4) is 0 Å². The van der Waals surface area contributed by atoms with Gasteiger partial charge in [-0.1, -0.05) is 5.21 Å². The van der Waals surface area contributed by atoms with Crippen LogP contribution in [0.5, 0.6) is 0 Å². The highest BCUT2D eigenvalue weighted by molar-refractivity contribution is 5.91. The summed E-state index contributed by atoms with van der Waals surface area (Å²) in [5, 5.41) is 14.4. The topological polar surface area (TPSA) is 75.1 Å². The lowest BCUT2D eigenvalue weighted by Crippen LogP contribution is -2.48. The van der Waals surface area contributed by atoms with Crippen molar-refractivity contribution in [1.29, 1.82) is 0 Å². The summed E-state index contributed by atoms with van der Waals surface area (Å²) in [6.45, 7) is 6.71. The van der Waals surface area contributed by atoms with Crippen LogP contribution < -0.4 is 10.6 Å². The Labute approximate surface area is 150 Å². The highest BCUT2D eigenvalue weighted by Crippen LogP contribution is 2.17. The van der Waals surface area contributed by atoms with Crippen LogP contribution in [-0.2, 0) is 0 Å². The molecule has 2 rings (SSSR count). The van der Waals surface area contributed by atoms with Crippen molar-refractivity contribution in [3.05, 3.63) is 11.9 Å². The first-order chi connectivity index (χ1) is 9.90. The highest BCUT2D eigenvalue weighted by Gasteiger charge is 2.23. The zero-order valence-electron chi connectivity index (χ0n) is 14.2. The van der Waals surface area contributed by atoms with Crippen LogP contribution >= 0.6 is 24.8 Å². The first-order valence-electron chi connectivity index (χ1n) is 7.48. The number of rotatable bonds is 5. The number of likely N-dealkylation sites (N-methyl/N-ethyl adjacent to an activating group) is 1. The molecule has 7 nitrogen and oxygen atoms in total. The summed E-state index contributed by atoms with van der Waals surface area (Å²) in [7, 11) is 4.00. The molecule has 1 fully saturated rings. The summed E-state index contributed by atoms with van der Waals surface area (Å²) in [6.07, 6.45) is 3.81. The number of halogens is 2. The van der Waals surface area contributed by atoms with Crippen LogP contribution in [0.2, 0.25) is 0 Å². The van der Waals surface area contributed by atoms with Crippen molar-refractivity contribution in [3.63, 3.8) is 0 Å². The molecule has 1 aromatic rings. The second kappa shape index (κ2) is 9.42. The summed E-state index contributed by atoms with van der Waals surface area (Å²) in [6, 6.07) is 0.346. The third-order valence-corrected chi connectivity index (χ3v) is 4.32. The number of carbonyl (C=O) groups is 1. The van der Waals surface area contributed by atoms with Gasteiger partial charge in [-0.3, -0.25) is 4.79 Å². The van der Waals surface area contributed by atoms with E-state index in [1.165, 1.54) is 0 Å². The van der Waals surface area contributed by atoms with E-state index in [2.05, 4.69) is 39.7 Å². The zero-order chi connectivity index (χ0) is 15.5. The molecule has 2 heterocycles. The van der Waals surface area contributed by atoms with Crippen LogP contribution in [0, 0.1) is 0 Å². The van der Waals surface area contributed by atoms with Crippen molar-refractivity contribution in [2.45, 2.75) is 38.3 Å². The Kier molecular flexibility index (Phi) is 9.05. The predicted molar refractivity (Wildman–Crippen MR) is 95.8 cm³/mol. The van der Waals surface area contributed by atoms with E-state index in [4.69, 9.17) is 0 Å². The summed E-state index contributed by atoms with van der Waals surface area (Å²) >= 11 is 0. The van der Waals surface area contributed by atoms with E-state index in [1.54, 1.807) is 6.20 Å². The van der Waals surface area contributed by atoms with Gasteiger partial charge in [0.25, 0.3) is 5.91 Å². The molecule has 23 heavy (non-hydrogen) atoms. The number of piperidine rings is 1. The van der Waals surface area contributed by atoms with E-state index in [0.29, 0.717) is 18.3 Å². The number of amides is 1. The fraction of sp³-hybridized carbons (Fsp3) is 0.786. The van der Waals surface area contributed by atoms with Crippen molar-refractivity contribution in [1.82, 2.24) is 30.5 Å². The first kappa shape index (κ1) is 22.1. The Bertz CT molecular complexity index is 485. The minimum Gasteiger partial charge on any atom is -0.349 e. The molecule has 134 valence electrons. The second-order valence-corrected chi connectivity index (χ2v) is 6.45. The number of carbonyl (C=O) groups excluding carboxylic acids is 1. The van der Waals surface area contributed by atoms with E-state index in [1.807, 2.05) is 18.8 Å². The molecule has 1 amide bonds. The molecule has 9 heteroatoms. The minimum absolute atomic E-state index is 0. The van der Waals surface area contributed by atoms with Crippen molar-refractivity contribution < 1.29 is 4.79 Å². The number of hydrogen-bond donors (Lipinski definition) is 2. The molecular formula is C14H28Cl2N6O. The van der Waals surface area contributed by atoms with E-state index in [9.17, 15) is 4.79 Å². The van der Waals surface area contributed by atoms with Crippen LogP contribution in [0.4, 0.5) is 0 Å². The lowest BCUT2D eigenvalue weighted by molar-refractivity contribution is 0.0914. The van der Waals surface area contributed by atoms with Crippen molar-refractivity contribution >= 4 is 30.7 Å². The van der Waals surface area contributed by atoms with Gasteiger partial charge < -0.3 is 15.5 Å². The van der Waals surface area contributed by atoms with Gasteiger partial charge in [0.1, 0.15) is 0 Å². The normalized spacial score (nSPS) is 15.7. The van der Waals surface area contributed by atoms with E-state index in [0.717, 1.165) is 25.9 Å². The Morgan fingerprint density at radius 2 is 2.00 bits per heavy atom. The molecule has 0 atom stereocenters. The van der Waals surface area contributed by atoms with Crippen LogP contribution in [0.25, 0.3) is 0 Å². The van der Waals surface area contributed by atoms with Gasteiger partial charge in [0.15, 0.2) is 5.69 Å². The smallest absolute Gasteiger partial charge is 0.273 e. The van der Waals surface area contributed by atoms with Gasteiger partial charge >= 0.3 is 0 Å². The minimum atomic E-state index is -0.162. The Morgan fingerprint density at radius 1 is 1.39 bits per heavy atom. The van der Waals surface area contributed by atoms with Gasteiger partial charge in [-0.2, -0.15) is 0 Å². The van der Waals surface area contributed by atoms with Crippen molar-refractivity contribution in [2.24, 2.45) is 0 Å². The number of hydrogen-bond acceptors (Lipinski definition) is 5. The molecule has 0 saturated carbocycles. The Balaban J connectivity index is 0.00000242. The maximum atomic E-state index is 12.2. The molecule has 0 aromatic carbocycles. The summed E-state index contributed by atoms with van der Waals surface area (Å²) in [5.41, 5.74) is 0.295. The molecule has 1 aliphatic heterocycles. The highest BCUT2D eigenvalue weighted by atomic mass is 35.5. The fourth-order valence-electron chi connectivity index (χ4n) is 2.18. The van der Waals surface area contributed by atoms with E-state index in [-0.39, 0.29) is 36.3 Å². The van der Waals surface area contributed by atoms with Gasteiger partial charge in [-0.25, -0.2) is 4.68 Å². The quantitative estimate of drug-likeness (QED) is 0.816. The van der Waals surface area contributed by atoms with Crippen LogP contribution in [0.1, 0.15) is 43.2 Å². The average molecular weight is 367 g/mol. The monoisotopic (exact) mass is 366 g/mol. The lowest BCUT2D eigenvalue weighted by atomic mass is 10.0. The van der Waals surface area contributed by atoms with Gasteiger partial charge in [-0.15, -0.1) is 29.9 Å². The van der Waals surface area contributed by atoms with Gasteiger partial charge in [0.2, 0.25) is 0 Å². The SMILES string of the molecule is CN(C)C(C)(C)CNC(=O)c1cn(C2CCNCC2)nn1.Cl.Cl. The largest absolute Gasteiger partial charge is 0.349 e. The molecular weight excluding hydrogens is 339 g/mol. The maximum Gasteiger partial charge on any atom is 0.273 e. The van der Waals surface area contributed by atoms with Gasteiger partial charge in [0, 0.05) is 12.1 Å². The van der Waals surface area contributed by atoms with Crippen molar-refractivity contribution in [3.8, 4) is 0 Å². The van der Waals surface area contributed by atoms with Gasteiger partial charge in [0.05, 0.1) is 12.2 Å². The van der Waals surface area contributed by atoms with Gasteiger partial charge in [-0.05, 0) is 53.9 Å². The second-order valence-electron chi connectivity index (χ2n) is 6.45. The number of nitrogens with zero attached hydrogens (tertiary/aromatic N) is 4. The van der Waals surface area contributed by atoms with Crippen LogP contribution in [0.15, 0.2) is 6.20 Å². The number of aromatic nitrogens is 3. The van der Waals surface area contributed by atoms with E-state index >= 15 is 0 Å². The third-order valence-electron chi connectivity index (χ3n) is 4.32. The molecule has 0 radical (unpaired) electrons. The fourth-order valence-corrected chi connectivity index (χ4v) is 2.18. The number of nitrogens with one attached hydrogen (secondary N) is 2. The molecule has 1 aliphatic rings. The third kappa shape index (κ3) is 5.91. The zero-order valence-corrected chi connectivity index (χ0v) is 15.8. The standard InChI is InChI=1S/C14H26N6O.2ClH/c1-14(2,19(3)4)10-16-13(21)12-9-20(18-17-12)11-5-7-15-8-6-11;;/h9,11,15H,5-8,10H2,1-4H3,(H,16,21);2*1H. The summed E-state index contributed by atoms with van der Waals surface area (Å²) < 4.78 is 1.83.